The molecule has 3 aromatic rings. The van der Waals surface area contributed by atoms with Gasteiger partial charge in [-0.15, -0.1) is 10.2 Å². The summed E-state index contributed by atoms with van der Waals surface area (Å²) in [6, 6.07) is 15.2. The lowest BCUT2D eigenvalue weighted by atomic mass is 10.1. The lowest BCUT2D eigenvalue weighted by Crippen LogP contribution is -2.44. The van der Waals surface area contributed by atoms with E-state index in [-0.39, 0.29) is 12.0 Å². The molecule has 1 fully saturated rings. The Morgan fingerprint density at radius 2 is 1.81 bits per heavy atom. The summed E-state index contributed by atoms with van der Waals surface area (Å²) >= 11 is 0. The van der Waals surface area contributed by atoms with Gasteiger partial charge in [0, 0.05) is 29.8 Å². The molecule has 1 atom stereocenters. The maximum Gasteiger partial charge on any atom is 0.254 e. The number of hydrogen-bond acceptors (Lipinski definition) is 5. The van der Waals surface area contributed by atoms with Gasteiger partial charge in [-0.3, -0.25) is 4.79 Å². The number of hydrogen-bond donors (Lipinski definition) is 0. The van der Waals surface area contributed by atoms with Crippen LogP contribution in [0.4, 0.5) is 0 Å². The molecule has 0 spiro atoms. The number of ether oxygens (including phenoxy) is 1. The number of morpholine rings is 1. The van der Waals surface area contributed by atoms with Gasteiger partial charge < -0.3 is 14.1 Å². The number of amides is 1. The monoisotopic (exact) mass is 363 g/mol. The van der Waals surface area contributed by atoms with Gasteiger partial charge >= 0.3 is 0 Å². The molecule has 1 aromatic heterocycles. The zero-order valence-electron chi connectivity index (χ0n) is 15.4. The highest BCUT2D eigenvalue weighted by molar-refractivity contribution is 5.94. The van der Waals surface area contributed by atoms with E-state index < -0.39 is 0 Å². The van der Waals surface area contributed by atoms with Crippen LogP contribution < -0.4 is 0 Å². The number of aryl methyl sites for hydroxylation is 1. The maximum atomic E-state index is 12.6. The van der Waals surface area contributed by atoms with Gasteiger partial charge in [0.15, 0.2) is 0 Å². The second kappa shape index (κ2) is 7.32. The van der Waals surface area contributed by atoms with Crippen molar-refractivity contribution in [3.05, 3.63) is 59.7 Å². The molecule has 2 aromatic carbocycles. The van der Waals surface area contributed by atoms with Gasteiger partial charge in [0.1, 0.15) is 0 Å². The number of rotatable bonds is 3. The topological polar surface area (TPSA) is 68.5 Å². The van der Waals surface area contributed by atoms with Crippen LogP contribution >= 0.6 is 0 Å². The molecule has 0 radical (unpaired) electrons. The van der Waals surface area contributed by atoms with E-state index in [1.54, 1.807) is 12.1 Å². The SMILES string of the molecule is Cc1cccc(-c2nnc(-c3ccc(C(=O)N4CCOC(C)C4)cc3)o2)c1. The zero-order chi connectivity index (χ0) is 18.8. The van der Waals surface area contributed by atoms with E-state index in [0.717, 1.165) is 16.7 Å². The third-order valence-corrected chi connectivity index (χ3v) is 4.60. The van der Waals surface area contributed by atoms with E-state index in [0.29, 0.717) is 37.0 Å². The first-order valence-corrected chi connectivity index (χ1v) is 9.02. The Labute approximate surface area is 157 Å². The molecule has 2 heterocycles. The van der Waals surface area contributed by atoms with Gasteiger partial charge in [-0.1, -0.05) is 17.7 Å². The third kappa shape index (κ3) is 3.75. The lowest BCUT2D eigenvalue weighted by molar-refractivity contribution is -0.0124. The summed E-state index contributed by atoms with van der Waals surface area (Å²) in [4.78, 5) is 14.5. The predicted octanol–water partition coefficient (Wildman–Crippen LogP) is 3.57. The fourth-order valence-corrected chi connectivity index (χ4v) is 3.18. The lowest BCUT2D eigenvalue weighted by Gasteiger charge is -2.31. The van der Waals surface area contributed by atoms with Crippen LogP contribution in [-0.2, 0) is 4.74 Å². The van der Waals surface area contributed by atoms with E-state index in [4.69, 9.17) is 9.15 Å². The molecule has 1 amide bonds. The van der Waals surface area contributed by atoms with Gasteiger partial charge in [0.25, 0.3) is 5.91 Å². The van der Waals surface area contributed by atoms with Crippen molar-refractivity contribution in [2.24, 2.45) is 0 Å². The van der Waals surface area contributed by atoms with Gasteiger partial charge in [-0.05, 0) is 50.2 Å². The molecule has 6 heteroatoms. The largest absolute Gasteiger partial charge is 0.416 e. The summed E-state index contributed by atoms with van der Waals surface area (Å²) in [5.74, 6) is 0.935. The highest BCUT2D eigenvalue weighted by Gasteiger charge is 2.22. The summed E-state index contributed by atoms with van der Waals surface area (Å²) in [7, 11) is 0. The van der Waals surface area contributed by atoms with E-state index in [2.05, 4.69) is 10.2 Å². The van der Waals surface area contributed by atoms with Crippen LogP contribution in [0.2, 0.25) is 0 Å². The quantitative estimate of drug-likeness (QED) is 0.711. The van der Waals surface area contributed by atoms with Crippen LogP contribution in [0.1, 0.15) is 22.8 Å². The zero-order valence-corrected chi connectivity index (χ0v) is 15.4. The molecule has 6 nitrogen and oxygen atoms in total. The third-order valence-electron chi connectivity index (χ3n) is 4.60. The normalized spacial score (nSPS) is 17.1. The summed E-state index contributed by atoms with van der Waals surface area (Å²) in [5, 5.41) is 8.28. The average Bonchev–Trinajstić information content (AvgIpc) is 3.18. The van der Waals surface area contributed by atoms with Crippen LogP contribution in [-0.4, -0.2) is 46.8 Å². The molecule has 138 valence electrons. The Kier molecular flexibility index (Phi) is 4.73. The van der Waals surface area contributed by atoms with Crippen molar-refractivity contribution in [1.29, 1.82) is 0 Å². The second-order valence-electron chi connectivity index (χ2n) is 6.79. The van der Waals surface area contributed by atoms with Gasteiger partial charge in [-0.2, -0.15) is 0 Å². The Morgan fingerprint density at radius 3 is 2.52 bits per heavy atom. The molecule has 0 bridgehead atoms. The van der Waals surface area contributed by atoms with Gasteiger partial charge in [0.2, 0.25) is 11.8 Å². The summed E-state index contributed by atoms with van der Waals surface area (Å²) in [6.45, 7) is 5.81. The van der Waals surface area contributed by atoms with E-state index in [1.807, 2.05) is 55.1 Å². The molecule has 1 saturated heterocycles. The highest BCUT2D eigenvalue weighted by atomic mass is 16.5. The number of nitrogens with zero attached hydrogens (tertiary/aromatic N) is 3. The summed E-state index contributed by atoms with van der Waals surface area (Å²) in [5.41, 5.74) is 3.45. The van der Waals surface area contributed by atoms with Crippen molar-refractivity contribution < 1.29 is 13.9 Å². The first-order chi connectivity index (χ1) is 13.1. The van der Waals surface area contributed by atoms with E-state index in [9.17, 15) is 4.79 Å². The maximum absolute atomic E-state index is 12.6. The summed E-state index contributed by atoms with van der Waals surface area (Å²) < 4.78 is 11.3. The molecule has 4 rings (SSSR count). The van der Waals surface area contributed by atoms with Crippen molar-refractivity contribution in [3.63, 3.8) is 0 Å². The molecular formula is C21H21N3O3. The Morgan fingerprint density at radius 1 is 1.07 bits per heavy atom. The van der Waals surface area contributed by atoms with Crippen molar-refractivity contribution in [1.82, 2.24) is 15.1 Å². The molecule has 1 unspecified atom stereocenters. The molecule has 1 aliphatic rings. The smallest absolute Gasteiger partial charge is 0.254 e. The molecular weight excluding hydrogens is 342 g/mol. The minimum absolute atomic E-state index is 0.0164. The van der Waals surface area contributed by atoms with Crippen LogP contribution in [0, 0.1) is 6.92 Å². The number of carbonyl (C=O) groups is 1. The number of carbonyl (C=O) groups excluding carboxylic acids is 1. The van der Waals surface area contributed by atoms with Gasteiger partial charge in [0.05, 0.1) is 12.7 Å². The molecule has 0 aliphatic carbocycles. The number of aromatic nitrogens is 2. The fraction of sp³-hybridized carbons (Fsp3) is 0.286. The highest BCUT2D eigenvalue weighted by Crippen LogP contribution is 2.25. The molecule has 0 saturated carbocycles. The predicted molar refractivity (Wildman–Crippen MR) is 101 cm³/mol. The van der Waals surface area contributed by atoms with Crippen LogP contribution in [0.3, 0.4) is 0 Å². The van der Waals surface area contributed by atoms with Crippen LogP contribution in [0.5, 0.6) is 0 Å². The van der Waals surface area contributed by atoms with Gasteiger partial charge in [-0.25, -0.2) is 0 Å². The first-order valence-electron chi connectivity index (χ1n) is 9.02. The molecule has 27 heavy (non-hydrogen) atoms. The van der Waals surface area contributed by atoms with Crippen molar-refractivity contribution in [2.75, 3.05) is 19.7 Å². The number of benzene rings is 2. The minimum atomic E-state index is 0.0164. The van der Waals surface area contributed by atoms with Crippen molar-refractivity contribution in [3.8, 4) is 22.9 Å². The standard InChI is InChI=1S/C21H21N3O3/c1-14-4-3-5-18(12-14)20-23-22-19(27-20)16-6-8-17(9-7-16)21(25)24-10-11-26-15(2)13-24/h3-9,12,15H,10-11,13H2,1-2H3. The molecule has 1 aliphatic heterocycles. The average molecular weight is 363 g/mol. The fourth-order valence-electron chi connectivity index (χ4n) is 3.18. The van der Waals surface area contributed by atoms with Crippen molar-refractivity contribution >= 4 is 5.91 Å². The first kappa shape index (κ1) is 17.4. The minimum Gasteiger partial charge on any atom is -0.416 e. The van der Waals surface area contributed by atoms with Crippen molar-refractivity contribution in [2.45, 2.75) is 20.0 Å². The van der Waals surface area contributed by atoms with Crippen LogP contribution in [0.25, 0.3) is 22.9 Å². The van der Waals surface area contributed by atoms with Crippen LogP contribution in [0.15, 0.2) is 52.9 Å². The Bertz CT molecular complexity index is 949. The Hall–Kier alpha value is -2.99. The Balaban J connectivity index is 1.52. The van der Waals surface area contributed by atoms with E-state index >= 15 is 0 Å². The summed E-state index contributed by atoms with van der Waals surface area (Å²) in [6.07, 6.45) is 0.0698. The van der Waals surface area contributed by atoms with E-state index in [1.165, 1.54) is 0 Å². The molecule has 0 N–H and O–H groups in total. The second-order valence-corrected chi connectivity index (χ2v) is 6.79.